The highest BCUT2D eigenvalue weighted by Crippen LogP contribution is 2.26. The van der Waals surface area contributed by atoms with Gasteiger partial charge in [-0.2, -0.15) is 0 Å². The highest BCUT2D eigenvalue weighted by atomic mass is 79.9. The average Bonchev–Trinajstić information content (AvgIpc) is 2.76. The molecule has 0 aliphatic rings. The maximum Gasteiger partial charge on any atom is 0.169 e. The van der Waals surface area contributed by atoms with E-state index in [0.29, 0.717) is 10.4 Å². The van der Waals surface area contributed by atoms with Crippen LogP contribution in [0.25, 0.3) is 0 Å². The van der Waals surface area contributed by atoms with E-state index in [2.05, 4.69) is 35.0 Å². The summed E-state index contributed by atoms with van der Waals surface area (Å²) in [5.41, 5.74) is 2.15. The van der Waals surface area contributed by atoms with E-state index in [4.69, 9.17) is 4.42 Å². The van der Waals surface area contributed by atoms with Crippen molar-refractivity contribution in [2.45, 2.75) is 25.9 Å². The highest BCUT2D eigenvalue weighted by Gasteiger charge is 2.13. The van der Waals surface area contributed by atoms with Gasteiger partial charge in [0.25, 0.3) is 0 Å². The normalized spacial score (nSPS) is 12.6. The number of rotatable bonds is 4. The van der Waals surface area contributed by atoms with Gasteiger partial charge in [-0.05, 0) is 45.6 Å². The van der Waals surface area contributed by atoms with Gasteiger partial charge in [-0.3, -0.25) is 0 Å². The molecule has 17 heavy (non-hydrogen) atoms. The van der Waals surface area contributed by atoms with Gasteiger partial charge in [-0.15, -0.1) is 0 Å². The Hall–Kier alpha value is -1.06. The summed E-state index contributed by atoms with van der Waals surface area (Å²) in [7, 11) is 0. The molecule has 2 aromatic rings. The first-order valence-electron chi connectivity index (χ1n) is 5.73. The summed E-state index contributed by atoms with van der Waals surface area (Å²) in [6, 6.07) is 11.6. The van der Waals surface area contributed by atoms with E-state index < -0.39 is 6.10 Å². The first-order valence-corrected chi connectivity index (χ1v) is 6.52. The van der Waals surface area contributed by atoms with E-state index >= 15 is 0 Å². The molecule has 1 heterocycles. The van der Waals surface area contributed by atoms with Crippen LogP contribution in [-0.2, 0) is 6.42 Å². The summed E-state index contributed by atoms with van der Waals surface area (Å²) in [5, 5.41) is 10.1. The van der Waals surface area contributed by atoms with Crippen molar-refractivity contribution in [2.75, 3.05) is 0 Å². The van der Waals surface area contributed by atoms with Gasteiger partial charge in [0.05, 0.1) is 0 Å². The van der Waals surface area contributed by atoms with Crippen molar-refractivity contribution in [1.29, 1.82) is 0 Å². The number of halogens is 1. The van der Waals surface area contributed by atoms with E-state index in [9.17, 15) is 5.11 Å². The Kier molecular flexibility index (Phi) is 4.02. The summed E-state index contributed by atoms with van der Waals surface area (Å²) < 4.78 is 5.98. The molecule has 1 atom stereocenters. The fourth-order valence-electron chi connectivity index (χ4n) is 1.79. The van der Waals surface area contributed by atoms with Gasteiger partial charge in [-0.25, -0.2) is 0 Å². The van der Waals surface area contributed by atoms with Gasteiger partial charge in [0.1, 0.15) is 11.9 Å². The van der Waals surface area contributed by atoms with Crippen molar-refractivity contribution in [1.82, 2.24) is 0 Å². The first kappa shape index (κ1) is 12.4. The zero-order valence-electron chi connectivity index (χ0n) is 9.69. The van der Waals surface area contributed by atoms with E-state index in [1.807, 2.05) is 12.1 Å². The minimum absolute atomic E-state index is 0.556. The van der Waals surface area contributed by atoms with Crippen LogP contribution in [0.2, 0.25) is 0 Å². The van der Waals surface area contributed by atoms with Crippen LogP contribution >= 0.6 is 15.9 Å². The number of aliphatic hydroxyl groups is 1. The molecule has 0 fully saturated rings. The Morgan fingerprint density at radius 1 is 1.18 bits per heavy atom. The quantitative estimate of drug-likeness (QED) is 0.922. The maximum absolute atomic E-state index is 10.1. The van der Waals surface area contributed by atoms with Crippen LogP contribution in [0.4, 0.5) is 0 Å². The lowest BCUT2D eigenvalue weighted by Crippen LogP contribution is -1.98. The standard InChI is InChI=1S/C14H15BrO2/c1-2-3-10-4-6-11(7-5-10)14(16)12-8-9-13(15)17-12/h4-9,14,16H,2-3H2,1H3. The minimum atomic E-state index is -0.697. The molecule has 0 aliphatic heterocycles. The summed E-state index contributed by atoms with van der Waals surface area (Å²) in [6.45, 7) is 2.16. The average molecular weight is 295 g/mol. The van der Waals surface area contributed by atoms with Gasteiger partial charge in [0.15, 0.2) is 4.67 Å². The molecule has 3 heteroatoms. The molecule has 0 saturated heterocycles. The summed E-state index contributed by atoms with van der Waals surface area (Å²) in [4.78, 5) is 0. The Balaban J connectivity index is 2.16. The number of aliphatic hydroxyl groups excluding tert-OH is 1. The molecular formula is C14H15BrO2. The SMILES string of the molecule is CCCc1ccc(C(O)c2ccc(Br)o2)cc1. The summed E-state index contributed by atoms with van der Waals surface area (Å²) in [6.07, 6.45) is 1.51. The van der Waals surface area contributed by atoms with Crippen LogP contribution in [0.5, 0.6) is 0 Å². The van der Waals surface area contributed by atoms with Gasteiger partial charge in [-0.1, -0.05) is 37.6 Å². The molecule has 0 aliphatic carbocycles. The second kappa shape index (κ2) is 5.52. The van der Waals surface area contributed by atoms with Crippen molar-refractivity contribution in [3.63, 3.8) is 0 Å². The van der Waals surface area contributed by atoms with Crippen LogP contribution in [0.3, 0.4) is 0 Å². The van der Waals surface area contributed by atoms with Gasteiger partial charge < -0.3 is 9.52 Å². The number of furan rings is 1. The second-order valence-electron chi connectivity index (χ2n) is 4.04. The highest BCUT2D eigenvalue weighted by molar-refractivity contribution is 9.10. The molecule has 2 rings (SSSR count). The van der Waals surface area contributed by atoms with Gasteiger partial charge in [0, 0.05) is 0 Å². The Bertz CT molecular complexity index is 473. The molecule has 0 saturated carbocycles. The van der Waals surface area contributed by atoms with E-state index in [-0.39, 0.29) is 0 Å². The van der Waals surface area contributed by atoms with Crippen LogP contribution in [0, 0.1) is 0 Å². The van der Waals surface area contributed by atoms with Crippen LogP contribution < -0.4 is 0 Å². The summed E-state index contributed by atoms with van der Waals surface area (Å²) >= 11 is 3.23. The van der Waals surface area contributed by atoms with Crippen LogP contribution in [0.15, 0.2) is 45.5 Å². The molecule has 0 amide bonds. The zero-order valence-corrected chi connectivity index (χ0v) is 11.3. The number of hydrogen-bond donors (Lipinski definition) is 1. The van der Waals surface area contributed by atoms with Crippen molar-refractivity contribution >= 4 is 15.9 Å². The van der Waals surface area contributed by atoms with Crippen molar-refractivity contribution in [2.24, 2.45) is 0 Å². The third kappa shape index (κ3) is 2.99. The van der Waals surface area contributed by atoms with E-state index in [1.54, 1.807) is 12.1 Å². The smallest absolute Gasteiger partial charge is 0.169 e. The van der Waals surface area contributed by atoms with Crippen molar-refractivity contribution in [3.8, 4) is 0 Å². The molecular weight excluding hydrogens is 280 g/mol. The minimum Gasteiger partial charge on any atom is -0.451 e. The third-order valence-electron chi connectivity index (χ3n) is 2.70. The van der Waals surface area contributed by atoms with Crippen LogP contribution in [-0.4, -0.2) is 5.11 Å². The number of hydrogen-bond acceptors (Lipinski definition) is 2. The topological polar surface area (TPSA) is 33.4 Å². The molecule has 1 N–H and O–H groups in total. The van der Waals surface area contributed by atoms with Gasteiger partial charge >= 0.3 is 0 Å². The lowest BCUT2D eigenvalue weighted by Gasteiger charge is -2.08. The van der Waals surface area contributed by atoms with E-state index in [1.165, 1.54) is 5.56 Å². The molecule has 0 spiro atoms. The predicted octanol–water partition coefficient (Wildman–Crippen LogP) is 4.08. The molecule has 1 aromatic carbocycles. The molecule has 0 radical (unpaired) electrons. The number of aryl methyl sites for hydroxylation is 1. The van der Waals surface area contributed by atoms with Gasteiger partial charge in [0.2, 0.25) is 0 Å². The Labute approximate surface area is 109 Å². The lowest BCUT2D eigenvalue weighted by atomic mass is 10.0. The molecule has 0 bridgehead atoms. The second-order valence-corrected chi connectivity index (χ2v) is 4.82. The lowest BCUT2D eigenvalue weighted by molar-refractivity contribution is 0.187. The maximum atomic E-state index is 10.1. The molecule has 90 valence electrons. The molecule has 2 nitrogen and oxygen atoms in total. The fraction of sp³-hybridized carbons (Fsp3) is 0.286. The predicted molar refractivity (Wildman–Crippen MR) is 70.9 cm³/mol. The largest absolute Gasteiger partial charge is 0.451 e. The summed E-state index contributed by atoms with van der Waals surface area (Å²) in [5.74, 6) is 0.556. The monoisotopic (exact) mass is 294 g/mol. The number of benzene rings is 1. The Morgan fingerprint density at radius 3 is 2.41 bits per heavy atom. The Morgan fingerprint density at radius 2 is 1.88 bits per heavy atom. The zero-order chi connectivity index (χ0) is 12.3. The van der Waals surface area contributed by atoms with Crippen molar-refractivity contribution in [3.05, 3.63) is 58.0 Å². The van der Waals surface area contributed by atoms with Crippen molar-refractivity contribution < 1.29 is 9.52 Å². The molecule has 1 unspecified atom stereocenters. The van der Waals surface area contributed by atoms with Crippen LogP contribution in [0.1, 0.15) is 36.3 Å². The molecule has 1 aromatic heterocycles. The van der Waals surface area contributed by atoms with E-state index in [0.717, 1.165) is 18.4 Å². The third-order valence-corrected chi connectivity index (χ3v) is 3.12. The first-order chi connectivity index (χ1) is 8.20. The fourth-order valence-corrected chi connectivity index (χ4v) is 2.11.